The van der Waals surface area contributed by atoms with Crippen molar-refractivity contribution >= 4 is 51.6 Å². The van der Waals surface area contributed by atoms with E-state index >= 15 is 0 Å². The Hall–Kier alpha value is -4.14. The molecule has 1 amide bonds. The summed E-state index contributed by atoms with van der Waals surface area (Å²) in [6, 6.07) is 19.0. The summed E-state index contributed by atoms with van der Waals surface area (Å²) in [5.74, 6) is 0.202. The van der Waals surface area contributed by atoms with E-state index in [-0.39, 0.29) is 11.4 Å². The minimum Gasteiger partial charge on any atom is -0.451 e. The molecular weight excluding hydrogens is 481 g/mol. The van der Waals surface area contributed by atoms with Crippen LogP contribution in [0.3, 0.4) is 0 Å². The first kappa shape index (κ1) is 21.7. The van der Waals surface area contributed by atoms with Crippen LogP contribution in [0, 0.1) is 10.1 Å². The predicted molar refractivity (Wildman–Crippen MR) is 128 cm³/mol. The number of anilines is 1. The van der Waals surface area contributed by atoms with E-state index in [9.17, 15) is 14.9 Å². The molecule has 2 aromatic heterocycles. The molecule has 0 saturated heterocycles. The molecular formula is C24H13Cl2N3O5. The molecule has 168 valence electrons. The van der Waals surface area contributed by atoms with E-state index in [2.05, 4.69) is 10.3 Å². The van der Waals surface area contributed by atoms with Crippen LogP contribution in [0.25, 0.3) is 33.9 Å². The zero-order valence-corrected chi connectivity index (χ0v) is 18.6. The van der Waals surface area contributed by atoms with Crippen LogP contribution in [0.5, 0.6) is 0 Å². The Balaban J connectivity index is 1.37. The minimum absolute atomic E-state index is 0.0492. The van der Waals surface area contributed by atoms with Crippen LogP contribution in [0.1, 0.15) is 10.6 Å². The highest BCUT2D eigenvalue weighted by atomic mass is 35.5. The highest BCUT2D eigenvalue weighted by molar-refractivity contribution is 6.35. The van der Waals surface area contributed by atoms with Crippen molar-refractivity contribution in [3.63, 3.8) is 0 Å². The summed E-state index contributed by atoms with van der Waals surface area (Å²) in [6.45, 7) is 0. The molecule has 5 rings (SSSR count). The fourth-order valence-electron chi connectivity index (χ4n) is 3.36. The number of carbonyl (C=O) groups excluding carboxylic acids is 1. The smallest absolute Gasteiger partial charge is 0.291 e. The van der Waals surface area contributed by atoms with Crippen molar-refractivity contribution in [2.75, 3.05) is 5.32 Å². The normalized spacial score (nSPS) is 11.0. The molecule has 0 radical (unpaired) electrons. The fourth-order valence-corrected chi connectivity index (χ4v) is 3.73. The number of furan rings is 1. The second-order valence-corrected chi connectivity index (χ2v) is 8.09. The van der Waals surface area contributed by atoms with Gasteiger partial charge in [0.05, 0.1) is 15.5 Å². The predicted octanol–water partition coefficient (Wildman–Crippen LogP) is 7.22. The summed E-state index contributed by atoms with van der Waals surface area (Å²) >= 11 is 12.3. The van der Waals surface area contributed by atoms with Gasteiger partial charge in [0, 0.05) is 28.4 Å². The molecule has 0 unspecified atom stereocenters. The van der Waals surface area contributed by atoms with Crippen LogP contribution in [-0.2, 0) is 0 Å². The van der Waals surface area contributed by atoms with Gasteiger partial charge in [-0.3, -0.25) is 14.9 Å². The first-order valence-corrected chi connectivity index (χ1v) is 10.6. The fraction of sp³-hybridized carbons (Fsp3) is 0. The second-order valence-electron chi connectivity index (χ2n) is 7.25. The SMILES string of the molecule is O=C(Nc1ccc2oc(-c3cc(Cl)ccc3Cl)nc2c1)c1ccc(-c2cccc([N+](=O)[O-])c2)o1. The van der Waals surface area contributed by atoms with Crippen molar-refractivity contribution in [2.45, 2.75) is 0 Å². The Morgan fingerprint density at radius 3 is 2.65 bits per heavy atom. The molecule has 8 nitrogen and oxygen atoms in total. The molecule has 1 N–H and O–H groups in total. The number of carbonyl (C=O) groups is 1. The summed E-state index contributed by atoms with van der Waals surface area (Å²) in [5, 5.41) is 14.7. The van der Waals surface area contributed by atoms with Crippen LogP contribution in [0.2, 0.25) is 10.0 Å². The van der Waals surface area contributed by atoms with E-state index < -0.39 is 10.8 Å². The molecule has 0 fully saturated rings. The molecule has 0 bridgehead atoms. The van der Waals surface area contributed by atoms with Gasteiger partial charge in [0.15, 0.2) is 11.3 Å². The van der Waals surface area contributed by atoms with E-state index in [1.807, 2.05) is 0 Å². The first-order valence-electron chi connectivity index (χ1n) is 9.89. The van der Waals surface area contributed by atoms with Gasteiger partial charge in [0.25, 0.3) is 11.6 Å². The maximum Gasteiger partial charge on any atom is 0.291 e. The lowest BCUT2D eigenvalue weighted by Gasteiger charge is -2.02. The van der Waals surface area contributed by atoms with Gasteiger partial charge in [-0.1, -0.05) is 35.3 Å². The van der Waals surface area contributed by atoms with Crippen molar-refractivity contribution in [2.24, 2.45) is 0 Å². The Labute approximate surface area is 201 Å². The molecule has 0 aliphatic heterocycles. The molecule has 34 heavy (non-hydrogen) atoms. The standard InChI is InChI=1S/C24H13Cl2N3O5/c25-14-4-6-18(26)17(11-14)24-28-19-12-15(5-7-21(19)34-24)27-23(30)22-9-8-20(33-22)13-2-1-3-16(10-13)29(31)32/h1-12H,(H,27,30). The van der Waals surface area contributed by atoms with Gasteiger partial charge < -0.3 is 14.2 Å². The molecule has 5 aromatic rings. The number of amides is 1. The zero-order chi connectivity index (χ0) is 23.8. The number of fused-ring (bicyclic) bond motifs is 1. The largest absolute Gasteiger partial charge is 0.451 e. The van der Waals surface area contributed by atoms with Crippen LogP contribution in [0.4, 0.5) is 11.4 Å². The average Bonchev–Trinajstić information content (AvgIpc) is 3.48. The third kappa shape index (κ3) is 4.24. The molecule has 0 atom stereocenters. The van der Waals surface area contributed by atoms with Gasteiger partial charge in [0.2, 0.25) is 5.89 Å². The second kappa shape index (κ2) is 8.66. The molecule has 0 saturated carbocycles. The van der Waals surface area contributed by atoms with E-state index in [0.717, 1.165) is 0 Å². The number of non-ortho nitro benzene ring substituents is 1. The van der Waals surface area contributed by atoms with Crippen molar-refractivity contribution in [3.8, 4) is 22.8 Å². The van der Waals surface area contributed by atoms with E-state index in [0.29, 0.717) is 49.6 Å². The monoisotopic (exact) mass is 493 g/mol. The van der Waals surface area contributed by atoms with Gasteiger partial charge in [0.1, 0.15) is 11.3 Å². The number of rotatable bonds is 5. The van der Waals surface area contributed by atoms with E-state index in [1.165, 1.54) is 18.2 Å². The van der Waals surface area contributed by atoms with Gasteiger partial charge >= 0.3 is 0 Å². The van der Waals surface area contributed by atoms with Crippen LogP contribution in [-0.4, -0.2) is 15.8 Å². The topological polar surface area (TPSA) is 111 Å². The molecule has 2 heterocycles. The van der Waals surface area contributed by atoms with Gasteiger partial charge in [-0.25, -0.2) is 4.98 Å². The quantitative estimate of drug-likeness (QED) is 0.204. The first-order chi connectivity index (χ1) is 16.4. The van der Waals surface area contributed by atoms with Crippen LogP contribution >= 0.6 is 23.2 Å². The Kier molecular flexibility index (Phi) is 5.53. The number of nitrogens with zero attached hydrogens (tertiary/aromatic N) is 2. The number of nitrogens with one attached hydrogen (secondary N) is 1. The lowest BCUT2D eigenvalue weighted by atomic mass is 10.1. The Morgan fingerprint density at radius 2 is 1.82 bits per heavy atom. The van der Waals surface area contributed by atoms with E-state index in [1.54, 1.807) is 54.6 Å². The van der Waals surface area contributed by atoms with Gasteiger partial charge in [-0.05, 0) is 48.5 Å². The van der Waals surface area contributed by atoms with Crippen LogP contribution < -0.4 is 5.32 Å². The number of hydrogen-bond donors (Lipinski definition) is 1. The number of oxazole rings is 1. The number of nitro groups is 1. The zero-order valence-electron chi connectivity index (χ0n) is 17.1. The number of hydrogen-bond acceptors (Lipinski definition) is 6. The average molecular weight is 494 g/mol. The molecule has 0 aliphatic carbocycles. The number of benzene rings is 3. The van der Waals surface area contributed by atoms with Gasteiger partial charge in [-0.2, -0.15) is 0 Å². The van der Waals surface area contributed by atoms with Crippen LogP contribution in [0.15, 0.2) is 81.6 Å². The molecule has 0 spiro atoms. The minimum atomic E-state index is -0.494. The summed E-state index contributed by atoms with van der Waals surface area (Å²) in [7, 11) is 0. The van der Waals surface area contributed by atoms with Crippen molar-refractivity contribution < 1.29 is 18.6 Å². The maximum atomic E-state index is 12.7. The van der Waals surface area contributed by atoms with Crippen molar-refractivity contribution in [1.29, 1.82) is 0 Å². The van der Waals surface area contributed by atoms with Gasteiger partial charge in [-0.15, -0.1) is 0 Å². The number of nitro benzene ring substituents is 1. The van der Waals surface area contributed by atoms with Crippen molar-refractivity contribution in [1.82, 2.24) is 4.98 Å². The Bertz CT molecular complexity index is 1570. The Morgan fingerprint density at radius 1 is 0.971 bits per heavy atom. The lowest BCUT2D eigenvalue weighted by molar-refractivity contribution is -0.384. The third-order valence-corrected chi connectivity index (χ3v) is 5.54. The van der Waals surface area contributed by atoms with Crippen molar-refractivity contribution in [3.05, 3.63) is 98.7 Å². The third-order valence-electron chi connectivity index (χ3n) is 4.98. The highest BCUT2D eigenvalue weighted by Gasteiger charge is 2.16. The lowest BCUT2D eigenvalue weighted by Crippen LogP contribution is -2.10. The van der Waals surface area contributed by atoms with E-state index in [4.69, 9.17) is 32.0 Å². The summed E-state index contributed by atoms with van der Waals surface area (Å²) < 4.78 is 11.4. The molecule has 10 heteroatoms. The number of halogens is 2. The molecule has 0 aliphatic rings. The highest BCUT2D eigenvalue weighted by Crippen LogP contribution is 2.33. The number of aromatic nitrogens is 1. The summed E-state index contributed by atoms with van der Waals surface area (Å²) in [5.41, 5.74) is 2.47. The molecule has 3 aromatic carbocycles. The summed E-state index contributed by atoms with van der Waals surface area (Å²) in [6.07, 6.45) is 0. The maximum absolute atomic E-state index is 12.7. The summed E-state index contributed by atoms with van der Waals surface area (Å²) in [4.78, 5) is 27.6.